The van der Waals surface area contributed by atoms with Gasteiger partial charge < -0.3 is 5.32 Å². The van der Waals surface area contributed by atoms with Gasteiger partial charge in [-0.15, -0.1) is 5.10 Å². The molecule has 0 saturated heterocycles. The summed E-state index contributed by atoms with van der Waals surface area (Å²) >= 11 is 9.25. The minimum Gasteiger partial charge on any atom is -0.318 e. The van der Waals surface area contributed by atoms with Gasteiger partial charge in [0.15, 0.2) is 0 Å². The van der Waals surface area contributed by atoms with Crippen molar-refractivity contribution in [2.24, 2.45) is 0 Å². The highest BCUT2D eigenvalue weighted by molar-refractivity contribution is 9.10. The van der Waals surface area contributed by atoms with Crippen LogP contribution in [0.5, 0.6) is 0 Å². The number of amides is 1. The van der Waals surface area contributed by atoms with Crippen molar-refractivity contribution in [1.29, 1.82) is 0 Å². The van der Waals surface area contributed by atoms with Crippen LogP contribution in [-0.2, 0) is 0 Å². The van der Waals surface area contributed by atoms with Crippen molar-refractivity contribution in [1.82, 2.24) is 15.2 Å². The summed E-state index contributed by atoms with van der Waals surface area (Å²) in [7, 11) is 0. The largest absolute Gasteiger partial charge is 0.318 e. The Kier molecular flexibility index (Phi) is 3.44. The van der Waals surface area contributed by atoms with Gasteiger partial charge in [0, 0.05) is 4.47 Å². The van der Waals surface area contributed by atoms with Gasteiger partial charge in [0.25, 0.3) is 5.91 Å². The molecule has 0 atom stereocenters. The van der Waals surface area contributed by atoms with E-state index < -0.39 is 5.91 Å². The fraction of sp³-hybridized carbons (Fsp3) is 0.100. The number of nitrogens with one attached hydrogen (secondary N) is 2. The Morgan fingerprint density at radius 2 is 2.29 bits per heavy atom. The lowest BCUT2D eigenvalue weighted by atomic mass is 10.3. The van der Waals surface area contributed by atoms with Crippen LogP contribution < -0.4 is 5.32 Å². The van der Waals surface area contributed by atoms with Gasteiger partial charge in [0.2, 0.25) is 5.82 Å². The molecule has 0 unspecified atom stereocenters. The highest BCUT2D eigenvalue weighted by Gasteiger charge is 2.13. The first-order valence-corrected chi connectivity index (χ1v) is 5.89. The summed E-state index contributed by atoms with van der Waals surface area (Å²) in [5, 5.41) is 9.45. The second kappa shape index (κ2) is 4.85. The number of aromatic nitrogens is 3. The van der Waals surface area contributed by atoms with Gasteiger partial charge in [-0.25, -0.2) is 4.98 Å². The molecule has 0 aliphatic carbocycles. The Morgan fingerprint density at radius 3 is 2.94 bits per heavy atom. The molecule has 0 radical (unpaired) electrons. The maximum atomic E-state index is 11.8. The van der Waals surface area contributed by atoms with Crippen molar-refractivity contribution in [3.05, 3.63) is 39.3 Å². The van der Waals surface area contributed by atoms with Crippen LogP contribution >= 0.6 is 27.5 Å². The summed E-state index contributed by atoms with van der Waals surface area (Å²) in [4.78, 5) is 15.7. The summed E-state index contributed by atoms with van der Waals surface area (Å²) in [6.45, 7) is 1.72. The average Bonchev–Trinajstić information content (AvgIpc) is 2.70. The SMILES string of the molecule is Cc1nc(C(=O)Nc2cc(Br)ccc2Cl)n[nH]1. The molecule has 2 N–H and O–H groups in total. The third-order valence-corrected chi connectivity index (χ3v) is 2.80. The monoisotopic (exact) mass is 314 g/mol. The minimum atomic E-state index is -0.408. The Labute approximate surface area is 111 Å². The molecule has 1 amide bonds. The number of nitrogens with zero attached hydrogens (tertiary/aromatic N) is 2. The quantitative estimate of drug-likeness (QED) is 0.895. The van der Waals surface area contributed by atoms with Crippen molar-refractivity contribution in [2.75, 3.05) is 5.32 Å². The van der Waals surface area contributed by atoms with Crippen molar-refractivity contribution in [2.45, 2.75) is 6.92 Å². The van der Waals surface area contributed by atoms with Crippen molar-refractivity contribution in [3.63, 3.8) is 0 Å². The van der Waals surface area contributed by atoms with Crippen molar-refractivity contribution >= 4 is 39.1 Å². The van der Waals surface area contributed by atoms with Gasteiger partial charge in [-0.2, -0.15) is 0 Å². The zero-order chi connectivity index (χ0) is 12.4. The number of rotatable bonds is 2. The molecule has 2 aromatic rings. The molecule has 17 heavy (non-hydrogen) atoms. The van der Waals surface area contributed by atoms with Gasteiger partial charge in [-0.1, -0.05) is 27.5 Å². The molecule has 2 rings (SSSR count). The summed E-state index contributed by atoms with van der Waals surface area (Å²) in [6.07, 6.45) is 0. The van der Waals surface area contributed by atoms with E-state index >= 15 is 0 Å². The van der Waals surface area contributed by atoms with Crippen LogP contribution in [0.4, 0.5) is 5.69 Å². The molecule has 0 aliphatic rings. The van der Waals surface area contributed by atoms with Gasteiger partial charge in [-0.05, 0) is 25.1 Å². The third kappa shape index (κ3) is 2.83. The number of aryl methyl sites for hydroxylation is 1. The lowest BCUT2D eigenvalue weighted by Crippen LogP contribution is -2.14. The summed E-state index contributed by atoms with van der Waals surface area (Å²) in [5.41, 5.74) is 0.508. The second-order valence-corrected chi connectivity index (χ2v) is 4.65. The molecular formula is C10H8BrClN4O. The van der Waals surface area contributed by atoms with E-state index in [1.165, 1.54) is 0 Å². The van der Waals surface area contributed by atoms with Gasteiger partial charge in [0.05, 0.1) is 10.7 Å². The molecule has 0 spiro atoms. The molecule has 0 bridgehead atoms. The van der Waals surface area contributed by atoms with E-state index in [-0.39, 0.29) is 5.82 Å². The minimum absolute atomic E-state index is 0.0820. The molecular weight excluding hydrogens is 307 g/mol. The van der Waals surface area contributed by atoms with E-state index in [1.54, 1.807) is 25.1 Å². The molecule has 0 saturated carbocycles. The number of hydrogen-bond acceptors (Lipinski definition) is 3. The Hall–Kier alpha value is -1.40. The number of carbonyl (C=O) groups excluding carboxylic acids is 1. The molecule has 88 valence electrons. The molecule has 1 aromatic carbocycles. The number of hydrogen-bond donors (Lipinski definition) is 2. The highest BCUT2D eigenvalue weighted by Crippen LogP contribution is 2.25. The first-order valence-electron chi connectivity index (χ1n) is 4.71. The topological polar surface area (TPSA) is 70.7 Å². The maximum absolute atomic E-state index is 11.8. The van der Waals surface area contributed by atoms with Crippen molar-refractivity contribution < 1.29 is 4.79 Å². The molecule has 1 heterocycles. The molecule has 0 aliphatic heterocycles. The number of halogens is 2. The van der Waals surface area contributed by atoms with Crippen LogP contribution in [0.3, 0.4) is 0 Å². The van der Waals surface area contributed by atoms with E-state index in [2.05, 4.69) is 36.4 Å². The number of benzene rings is 1. The molecule has 5 nitrogen and oxygen atoms in total. The Morgan fingerprint density at radius 1 is 1.53 bits per heavy atom. The summed E-state index contributed by atoms with van der Waals surface area (Å²) in [5.74, 6) is 0.253. The normalized spacial score (nSPS) is 10.3. The van der Waals surface area contributed by atoms with Crippen LogP contribution in [0.1, 0.15) is 16.4 Å². The van der Waals surface area contributed by atoms with Crippen LogP contribution in [0.15, 0.2) is 22.7 Å². The predicted molar refractivity (Wildman–Crippen MR) is 68.2 cm³/mol. The number of carbonyl (C=O) groups is 1. The highest BCUT2D eigenvalue weighted by atomic mass is 79.9. The number of anilines is 1. The van der Waals surface area contributed by atoms with E-state index in [1.807, 2.05) is 0 Å². The lowest BCUT2D eigenvalue weighted by molar-refractivity contribution is 0.101. The van der Waals surface area contributed by atoms with Crippen LogP contribution in [-0.4, -0.2) is 21.1 Å². The smallest absolute Gasteiger partial charge is 0.295 e. The van der Waals surface area contributed by atoms with Crippen LogP contribution in [0, 0.1) is 6.92 Å². The maximum Gasteiger partial charge on any atom is 0.295 e. The standard InChI is InChI=1S/C10H8BrClN4O/c1-5-13-9(16-15-5)10(17)14-8-4-6(11)2-3-7(8)12/h2-4H,1H3,(H,14,17)(H,13,15,16). The Balaban J connectivity index is 2.21. The molecule has 7 heteroatoms. The van der Waals surface area contributed by atoms with Gasteiger partial charge in [0.1, 0.15) is 5.82 Å². The third-order valence-electron chi connectivity index (χ3n) is 1.98. The van der Waals surface area contributed by atoms with Crippen molar-refractivity contribution in [3.8, 4) is 0 Å². The summed E-state index contributed by atoms with van der Waals surface area (Å²) < 4.78 is 0.823. The average molecular weight is 316 g/mol. The molecule has 0 fully saturated rings. The predicted octanol–water partition coefficient (Wildman–Crippen LogP) is 2.78. The first kappa shape index (κ1) is 12.1. The lowest BCUT2D eigenvalue weighted by Gasteiger charge is -2.05. The zero-order valence-electron chi connectivity index (χ0n) is 8.79. The van der Waals surface area contributed by atoms with Crippen LogP contribution in [0.2, 0.25) is 5.02 Å². The van der Waals surface area contributed by atoms with Gasteiger partial charge >= 0.3 is 0 Å². The van der Waals surface area contributed by atoms with E-state index in [0.29, 0.717) is 16.5 Å². The van der Waals surface area contributed by atoms with E-state index in [9.17, 15) is 4.79 Å². The fourth-order valence-electron chi connectivity index (χ4n) is 1.22. The second-order valence-electron chi connectivity index (χ2n) is 3.32. The van der Waals surface area contributed by atoms with E-state index in [0.717, 1.165) is 4.47 Å². The molecule has 1 aromatic heterocycles. The summed E-state index contributed by atoms with van der Waals surface area (Å²) in [6, 6.07) is 5.18. The first-order chi connectivity index (χ1) is 8.06. The number of H-pyrrole nitrogens is 1. The van der Waals surface area contributed by atoms with Crippen LogP contribution in [0.25, 0.3) is 0 Å². The number of aromatic amines is 1. The van der Waals surface area contributed by atoms with E-state index in [4.69, 9.17) is 11.6 Å². The Bertz CT molecular complexity index is 569. The zero-order valence-corrected chi connectivity index (χ0v) is 11.1. The fourth-order valence-corrected chi connectivity index (χ4v) is 1.74. The van der Waals surface area contributed by atoms with Gasteiger partial charge in [-0.3, -0.25) is 9.89 Å².